The summed E-state index contributed by atoms with van der Waals surface area (Å²) in [6.45, 7) is 0. The van der Waals surface area contributed by atoms with Gasteiger partial charge in [-0.25, -0.2) is 9.97 Å². The quantitative estimate of drug-likeness (QED) is 0.255. The fourth-order valence-corrected chi connectivity index (χ4v) is 4.19. The molecule has 0 atom stereocenters. The summed E-state index contributed by atoms with van der Waals surface area (Å²) in [5.74, 6) is 1.78. The van der Waals surface area contributed by atoms with E-state index in [4.69, 9.17) is 9.47 Å². The molecule has 0 saturated carbocycles. The van der Waals surface area contributed by atoms with Gasteiger partial charge in [0, 0.05) is 11.5 Å². The molecule has 10 nitrogen and oxygen atoms in total. The Hall–Kier alpha value is -3.72. The molecule has 1 aromatic heterocycles. The summed E-state index contributed by atoms with van der Waals surface area (Å²) in [5.41, 5.74) is 2.60. The van der Waals surface area contributed by atoms with E-state index in [0.29, 0.717) is 34.2 Å². The number of hydrogen-bond acceptors (Lipinski definition) is 8. The Morgan fingerprint density at radius 1 is 0.848 bits per heavy atom. The van der Waals surface area contributed by atoms with E-state index in [-0.39, 0.29) is 4.35 Å². The van der Waals surface area contributed by atoms with Crippen molar-refractivity contribution in [2.24, 2.45) is 10.2 Å². The molecular formula is C22H20AsN5O5. The Morgan fingerprint density at radius 3 is 2.00 bits per heavy atom. The normalized spacial score (nSPS) is 11.6. The van der Waals surface area contributed by atoms with E-state index in [0.717, 1.165) is 11.1 Å². The molecule has 3 aromatic carbocycles. The second-order valence-corrected chi connectivity index (χ2v) is 10.2. The van der Waals surface area contributed by atoms with Crippen molar-refractivity contribution in [3.63, 3.8) is 0 Å². The molecular weight excluding hydrogens is 489 g/mol. The number of nitrogens with one attached hydrogen (secondary N) is 1. The fraction of sp³-hybridized carbons (Fsp3) is 0.0909. The van der Waals surface area contributed by atoms with Crippen LogP contribution in [0.1, 0.15) is 0 Å². The Labute approximate surface area is 192 Å². The zero-order valence-corrected chi connectivity index (χ0v) is 19.6. The third-order valence-electron chi connectivity index (χ3n) is 4.74. The monoisotopic (exact) mass is 509 g/mol. The molecule has 0 spiro atoms. The maximum atomic E-state index is 11.3. The molecule has 0 unspecified atom stereocenters. The molecule has 1 heterocycles. The standard InChI is InChI=1S/C22H20AsN5O5/c1-32-20-11-18-19(12-21(20)33-2)24-13-25-22(18)26-15-7-9-17(10-8-15)28-27-16-5-3-14(4-6-16)23(29,30)31/h3-13H,1-2H3,(H,24,25,26)(H2,29,30,31). The van der Waals surface area contributed by atoms with Crippen LogP contribution in [0.25, 0.3) is 10.9 Å². The van der Waals surface area contributed by atoms with E-state index in [1.54, 1.807) is 32.4 Å². The molecule has 0 aliphatic rings. The van der Waals surface area contributed by atoms with Crippen molar-refractivity contribution in [3.05, 3.63) is 67.0 Å². The molecule has 0 aliphatic carbocycles. The number of nitrogens with zero attached hydrogens (tertiary/aromatic N) is 4. The van der Waals surface area contributed by atoms with Gasteiger partial charge in [0.05, 0.1) is 19.7 Å². The topological polar surface area (TPSA) is 139 Å². The largest absolute Gasteiger partial charge is 0.493 e. The first-order valence-electron chi connectivity index (χ1n) is 9.69. The van der Waals surface area contributed by atoms with Crippen LogP contribution in [0.15, 0.2) is 77.2 Å². The molecule has 4 aromatic rings. The van der Waals surface area contributed by atoms with Gasteiger partial charge in [0.25, 0.3) is 0 Å². The molecule has 0 saturated heterocycles. The van der Waals surface area contributed by atoms with Crippen molar-refractivity contribution in [1.29, 1.82) is 0 Å². The second-order valence-electron chi connectivity index (χ2n) is 6.88. The van der Waals surface area contributed by atoms with Gasteiger partial charge in [-0.15, -0.1) is 0 Å². The van der Waals surface area contributed by atoms with E-state index in [1.165, 1.54) is 30.6 Å². The second kappa shape index (κ2) is 9.41. The van der Waals surface area contributed by atoms with Crippen molar-refractivity contribution in [3.8, 4) is 11.5 Å². The summed E-state index contributed by atoms with van der Waals surface area (Å²) < 4.78 is 40.4. The van der Waals surface area contributed by atoms with Gasteiger partial charge in [0.15, 0.2) is 11.5 Å². The number of benzene rings is 3. The van der Waals surface area contributed by atoms with Crippen LogP contribution in [0, 0.1) is 0 Å². The molecule has 3 N–H and O–H groups in total. The van der Waals surface area contributed by atoms with Crippen molar-refractivity contribution in [2.45, 2.75) is 0 Å². The van der Waals surface area contributed by atoms with Crippen LogP contribution in [0.3, 0.4) is 0 Å². The minimum absolute atomic E-state index is 0.00388. The third kappa shape index (κ3) is 5.20. The van der Waals surface area contributed by atoms with E-state index in [2.05, 4.69) is 25.5 Å². The Balaban J connectivity index is 1.51. The molecule has 4 rings (SSSR count). The van der Waals surface area contributed by atoms with Gasteiger partial charge in [0.1, 0.15) is 6.33 Å². The zero-order valence-electron chi connectivity index (χ0n) is 17.7. The van der Waals surface area contributed by atoms with Crippen LogP contribution in [-0.2, 0) is 3.74 Å². The van der Waals surface area contributed by atoms with Crippen LogP contribution in [0.2, 0.25) is 0 Å². The average Bonchev–Trinajstić information content (AvgIpc) is 2.82. The summed E-state index contributed by atoms with van der Waals surface area (Å²) >= 11 is -4.90. The number of methoxy groups -OCH3 is 2. The maximum Gasteiger partial charge on any atom is 0.161 e. The minimum atomic E-state index is -4.90. The van der Waals surface area contributed by atoms with Gasteiger partial charge in [-0.3, -0.25) is 0 Å². The first-order valence-corrected chi connectivity index (χ1v) is 13.1. The first kappa shape index (κ1) is 22.5. The van der Waals surface area contributed by atoms with Crippen LogP contribution in [-0.4, -0.2) is 46.6 Å². The predicted octanol–water partition coefficient (Wildman–Crippen LogP) is 3.37. The van der Waals surface area contributed by atoms with Crippen molar-refractivity contribution >= 4 is 52.3 Å². The smallest absolute Gasteiger partial charge is 0.161 e. The number of azo groups is 1. The van der Waals surface area contributed by atoms with E-state index in [1.807, 2.05) is 18.2 Å². The molecule has 0 bridgehead atoms. The Bertz CT molecular complexity index is 1350. The SMILES string of the molecule is COc1cc2ncnc(Nc3ccc(N=Nc4ccc([As](=O)(O)O)cc4)cc3)c2cc1OC. The molecule has 33 heavy (non-hydrogen) atoms. The zero-order chi connectivity index (χ0) is 23.4. The number of anilines is 2. The summed E-state index contributed by atoms with van der Waals surface area (Å²) in [5, 5.41) is 12.3. The summed E-state index contributed by atoms with van der Waals surface area (Å²) in [6.07, 6.45) is 1.47. The molecule has 168 valence electrons. The number of fused-ring (bicyclic) bond motifs is 1. The van der Waals surface area contributed by atoms with Crippen molar-refractivity contribution in [2.75, 3.05) is 19.5 Å². The van der Waals surface area contributed by atoms with Crippen molar-refractivity contribution in [1.82, 2.24) is 9.97 Å². The Morgan fingerprint density at radius 2 is 1.42 bits per heavy atom. The van der Waals surface area contributed by atoms with Crippen LogP contribution < -0.4 is 19.1 Å². The fourth-order valence-electron chi connectivity index (χ4n) is 3.06. The van der Waals surface area contributed by atoms with Crippen LogP contribution in [0.4, 0.5) is 22.9 Å². The summed E-state index contributed by atoms with van der Waals surface area (Å²) in [4.78, 5) is 8.64. The minimum Gasteiger partial charge on any atom is -0.493 e. The molecule has 0 amide bonds. The predicted molar refractivity (Wildman–Crippen MR) is 123 cm³/mol. The van der Waals surface area contributed by atoms with E-state index >= 15 is 0 Å². The van der Waals surface area contributed by atoms with Gasteiger partial charge in [-0.05, 0) is 6.07 Å². The number of rotatable bonds is 7. The van der Waals surface area contributed by atoms with E-state index < -0.39 is 14.2 Å². The summed E-state index contributed by atoms with van der Waals surface area (Å²) in [6, 6.07) is 16.6. The van der Waals surface area contributed by atoms with Gasteiger partial charge >= 0.3 is 117 Å². The average molecular weight is 509 g/mol. The Kier molecular flexibility index (Phi) is 6.41. The van der Waals surface area contributed by atoms with Crippen LogP contribution in [0.5, 0.6) is 11.5 Å². The summed E-state index contributed by atoms with van der Waals surface area (Å²) in [7, 11) is 3.14. The number of aromatic nitrogens is 2. The molecule has 0 radical (unpaired) electrons. The van der Waals surface area contributed by atoms with Gasteiger partial charge in [-0.1, -0.05) is 0 Å². The van der Waals surface area contributed by atoms with Crippen molar-refractivity contribution < 1.29 is 21.4 Å². The third-order valence-corrected chi connectivity index (χ3v) is 6.77. The van der Waals surface area contributed by atoms with Gasteiger partial charge in [-0.2, -0.15) is 0 Å². The number of ether oxygens (including phenoxy) is 2. The van der Waals surface area contributed by atoms with Gasteiger partial charge in [0.2, 0.25) is 0 Å². The molecule has 0 aliphatic heterocycles. The maximum absolute atomic E-state index is 11.3. The van der Waals surface area contributed by atoms with E-state index in [9.17, 15) is 11.9 Å². The molecule has 11 heteroatoms. The molecule has 0 fully saturated rings. The van der Waals surface area contributed by atoms with Crippen LogP contribution >= 0.6 is 0 Å². The number of hydrogen-bond donors (Lipinski definition) is 3. The van der Waals surface area contributed by atoms with Gasteiger partial charge < -0.3 is 9.47 Å². The first-order chi connectivity index (χ1) is 15.9.